The summed E-state index contributed by atoms with van der Waals surface area (Å²) in [6, 6.07) is 9.27. The molecule has 0 radical (unpaired) electrons. The Kier molecular flexibility index (Phi) is 3.12. The van der Waals surface area contributed by atoms with Crippen LogP contribution < -0.4 is 0 Å². The minimum Gasteiger partial charge on any atom is -0.334 e. The van der Waals surface area contributed by atoms with Crippen LogP contribution in [-0.4, -0.2) is 38.0 Å². The number of hydrogen-bond donors (Lipinski definition) is 1. The predicted octanol–water partition coefficient (Wildman–Crippen LogP) is 1.63. The fourth-order valence-corrected chi connectivity index (χ4v) is 2.10. The number of carbonyl (C=O) groups is 1. The summed E-state index contributed by atoms with van der Waals surface area (Å²) in [7, 11) is 1.74. The van der Waals surface area contributed by atoms with Crippen molar-refractivity contribution in [3.8, 4) is 0 Å². The highest BCUT2D eigenvalue weighted by Crippen LogP contribution is 2.18. The van der Waals surface area contributed by atoms with Crippen LogP contribution in [0.5, 0.6) is 0 Å². The smallest absolute Gasteiger partial charge is 0.254 e. The molecule has 0 saturated carbocycles. The van der Waals surface area contributed by atoms with E-state index in [4.69, 9.17) is 0 Å². The molecule has 0 aliphatic rings. The van der Waals surface area contributed by atoms with Crippen LogP contribution in [0, 0.1) is 0 Å². The molecule has 6 nitrogen and oxygen atoms in total. The maximum Gasteiger partial charge on any atom is 0.254 e. The van der Waals surface area contributed by atoms with E-state index in [0.717, 1.165) is 10.9 Å². The number of nitrogens with one attached hydrogen (secondary N) is 1. The van der Waals surface area contributed by atoms with Gasteiger partial charge >= 0.3 is 0 Å². The quantitative estimate of drug-likeness (QED) is 0.782. The van der Waals surface area contributed by atoms with Gasteiger partial charge in [-0.1, -0.05) is 12.1 Å². The zero-order valence-electron chi connectivity index (χ0n) is 10.9. The average molecular weight is 267 g/mol. The normalized spacial score (nSPS) is 10.7. The number of benzene rings is 1. The second kappa shape index (κ2) is 5.08. The van der Waals surface area contributed by atoms with E-state index in [0.29, 0.717) is 17.9 Å². The van der Waals surface area contributed by atoms with Crippen molar-refractivity contribution in [3.05, 3.63) is 54.2 Å². The number of pyridine rings is 1. The van der Waals surface area contributed by atoms with Gasteiger partial charge < -0.3 is 4.90 Å². The van der Waals surface area contributed by atoms with Gasteiger partial charge in [-0.2, -0.15) is 5.10 Å². The minimum atomic E-state index is -0.0694. The monoisotopic (exact) mass is 267 g/mol. The van der Waals surface area contributed by atoms with E-state index in [2.05, 4.69) is 20.2 Å². The van der Waals surface area contributed by atoms with Crippen LogP contribution in [0.2, 0.25) is 0 Å². The van der Waals surface area contributed by atoms with Crippen LogP contribution >= 0.6 is 0 Å². The van der Waals surface area contributed by atoms with Gasteiger partial charge in [0.05, 0.1) is 12.1 Å². The molecule has 2 heterocycles. The number of nitrogens with zero attached hydrogens (tertiary/aromatic N) is 4. The highest BCUT2D eigenvalue weighted by atomic mass is 16.2. The molecule has 100 valence electrons. The first-order valence-electron chi connectivity index (χ1n) is 6.19. The highest BCUT2D eigenvalue weighted by Gasteiger charge is 2.15. The maximum absolute atomic E-state index is 12.5. The average Bonchev–Trinajstić information content (AvgIpc) is 2.99. The van der Waals surface area contributed by atoms with Gasteiger partial charge in [0.1, 0.15) is 12.2 Å². The molecule has 0 bridgehead atoms. The third kappa shape index (κ3) is 2.23. The van der Waals surface area contributed by atoms with Crippen LogP contribution in [0.1, 0.15) is 16.2 Å². The zero-order chi connectivity index (χ0) is 13.9. The van der Waals surface area contributed by atoms with Crippen molar-refractivity contribution in [2.45, 2.75) is 6.54 Å². The van der Waals surface area contributed by atoms with Gasteiger partial charge in [-0.05, 0) is 18.2 Å². The van der Waals surface area contributed by atoms with E-state index in [1.807, 2.05) is 30.3 Å². The van der Waals surface area contributed by atoms with Crippen molar-refractivity contribution in [1.29, 1.82) is 0 Å². The standard InChI is InChI=1S/C14H13N5O/c1-19(8-13-16-9-17-18-13)14(20)11-4-2-6-12-10(11)5-3-7-15-12/h2-7,9H,8H2,1H3,(H,16,17,18). The number of hydrogen-bond acceptors (Lipinski definition) is 4. The molecular weight excluding hydrogens is 254 g/mol. The summed E-state index contributed by atoms with van der Waals surface area (Å²) in [4.78, 5) is 22.4. The Balaban J connectivity index is 1.92. The van der Waals surface area contributed by atoms with Crippen LogP contribution in [0.3, 0.4) is 0 Å². The van der Waals surface area contributed by atoms with Crippen LogP contribution in [-0.2, 0) is 6.54 Å². The van der Waals surface area contributed by atoms with Crippen LogP contribution in [0.25, 0.3) is 10.9 Å². The molecule has 0 aliphatic heterocycles. The molecule has 3 rings (SSSR count). The first kappa shape index (κ1) is 12.3. The zero-order valence-corrected chi connectivity index (χ0v) is 10.9. The van der Waals surface area contributed by atoms with Gasteiger partial charge in [0, 0.05) is 24.2 Å². The van der Waals surface area contributed by atoms with Gasteiger partial charge in [0.15, 0.2) is 0 Å². The molecule has 1 amide bonds. The molecule has 3 aromatic rings. The number of carbonyl (C=O) groups excluding carboxylic acids is 1. The third-order valence-electron chi connectivity index (χ3n) is 3.07. The van der Waals surface area contributed by atoms with Crippen LogP contribution in [0.15, 0.2) is 42.9 Å². The fourth-order valence-electron chi connectivity index (χ4n) is 2.10. The molecule has 0 unspecified atom stereocenters. The summed E-state index contributed by atoms with van der Waals surface area (Å²) in [5, 5.41) is 7.37. The topological polar surface area (TPSA) is 74.8 Å². The Bertz CT molecular complexity index is 733. The van der Waals surface area contributed by atoms with Gasteiger partial charge in [-0.3, -0.25) is 14.9 Å². The first-order chi connectivity index (χ1) is 9.75. The van der Waals surface area contributed by atoms with Crippen molar-refractivity contribution < 1.29 is 4.79 Å². The van der Waals surface area contributed by atoms with E-state index in [1.165, 1.54) is 6.33 Å². The van der Waals surface area contributed by atoms with Crippen molar-refractivity contribution >= 4 is 16.8 Å². The number of rotatable bonds is 3. The highest BCUT2D eigenvalue weighted by molar-refractivity contribution is 6.05. The second-order valence-electron chi connectivity index (χ2n) is 4.47. The lowest BCUT2D eigenvalue weighted by molar-refractivity contribution is 0.0783. The maximum atomic E-state index is 12.5. The Morgan fingerprint density at radius 2 is 2.15 bits per heavy atom. The van der Waals surface area contributed by atoms with Gasteiger partial charge in [0.2, 0.25) is 0 Å². The summed E-state index contributed by atoms with van der Waals surface area (Å²) < 4.78 is 0. The number of fused-ring (bicyclic) bond motifs is 1. The number of amides is 1. The lowest BCUT2D eigenvalue weighted by Crippen LogP contribution is -2.27. The molecule has 0 spiro atoms. The SMILES string of the molecule is CN(Cc1ncn[nH]1)C(=O)c1cccc2ncccc12. The van der Waals surface area contributed by atoms with Crippen molar-refractivity contribution in [2.24, 2.45) is 0 Å². The summed E-state index contributed by atoms with van der Waals surface area (Å²) >= 11 is 0. The van der Waals surface area contributed by atoms with Crippen molar-refractivity contribution in [3.63, 3.8) is 0 Å². The molecule has 0 saturated heterocycles. The Hall–Kier alpha value is -2.76. The summed E-state index contributed by atoms with van der Waals surface area (Å²) in [6.07, 6.45) is 3.14. The minimum absolute atomic E-state index is 0.0694. The molecule has 20 heavy (non-hydrogen) atoms. The molecule has 0 aliphatic carbocycles. The van der Waals surface area contributed by atoms with Crippen molar-refractivity contribution in [1.82, 2.24) is 25.1 Å². The van der Waals surface area contributed by atoms with Gasteiger partial charge in [-0.15, -0.1) is 0 Å². The van der Waals surface area contributed by atoms with E-state index in [9.17, 15) is 4.79 Å². The third-order valence-corrected chi connectivity index (χ3v) is 3.07. The van der Waals surface area contributed by atoms with E-state index in [-0.39, 0.29) is 5.91 Å². The summed E-state index contributed by atoms with van der Waals surface area (Å²) in [5.41, 5.74) is 1.45. The summed E-state index contributed by atoms with van der Waals surface area (Å²) in [5.74, 6) is 0.583. The predicted molar refractivity (Wildman–Crippen MR) is 73.9 cm³/mol. The van der Waals surface area contributed by atoms with Crippen LogP contribution in [0.4, 0.5) is 0 Å². The van der Waals surface area contributed by atoms with Gasteiger partial charge in [0.25, 0.3) is 5.91 Å². The molecule has 6 heteroatoms. The first-order valence-corrected chi connectivity index (χ1v) is 6.19. The molecule has 0 fully saturated rings. The number of aromatic nitrogens is 4. The number of aromatic amines is 1. The second-order valence-corrected chi connectivity index (χ2v) is 4.47. The molecule has 1 N–H and O–H groups in total. The molecular formula is C14H13N5O. The Morgan fingerprint density at radius 3 is 2.95 bits per heavy atom. The molecule has 1 aromatic carbocycles. The lowest BCUT2D eigenvalue weighted by Gasteiger charge is -2.16. The van der Waals surface area contributed by atoms with Gasteiger partial charge in [-0.25, -0.2) is 4.98 Å². The van der Waals surface area contributed by atoms with E-state index in [1.54, 1.807) is 18.1 Å². The molecule has 2 aromatic heterocycles. The van der Waals surface area contributed by atoms with E-state index < -0.39 is 0 Å². The Morgan fingerprint density at radius 1 is 1.25 bits per heavy atom. The summed E-state index contributed by atoms with van der Waals surface area (Å²) in [6.45, 7) is 0.384. The largest absolute Gasteiger partial charge is 0.334 e. The van der Waals surface area contributed by atoms with Crippen molar-refractivity contribution in [2.75, 3.05) is 7.05 Å². The molecule has 0 atom stereocenters. The lowest BCUT2D eigenvalue weighted by atomic mass is 10.1. The Labute approximate surface area is 115 Å². The number of H-pyrrole nitrogens is 1. The van der Waals surface area contributed by atoms with E-state index >= 15 is 0 Å². The fraction of sp³-hybridized carbons (Fsp3) is 0.143.